The molecule has 1 heterocycles. The normalized spacial score (nSPS) is 15.5. The fourth-order valence-electron chi connectivity index (χ4n) is 3.89. The topological polar surface area (TPSA) is 0 Å². The summed E-state index contributed by atoms with van der Waals surface area (Å²) in [5.41, 5.74) is 5.48. The number of hydrogen-bond donors (Lipinski definition) is 0. The van der Waals surface area contributed by atoms with Gasteiger partial charge in [-0.1, -0.05) is 91.0 Å². The van der Waals surface area contributed by atoms with Gasteiger partial charge in [-0.25, -0.2) is 0 Å². The van der Waals surface area contributed by atoms with E-state index in [1.807, 2.05) is 11.8 Å². The van der Waals surface area contributed by atoms with Gasteiger partial charge in [0.25, 0.3) is 0 Å². The van der Waals surface area contributed by atoms with Gasteiger partial charge in [0.05, 0.1) is 0 Å². The van der Waals surface area contributed by atoms with Crippen LogP contribution in [0.2, 0.25) is 0 Å². The van der Waals surface area contributed by atoms with E-state index in [1.165, 1.54) is 37.9 Å². The highest BCUT2D eigenvalue weighted by molar-refractivity contribution is 8.00. The lowest BCUT2D eigenvalue weighted by molar-refractivity contribution is 1.02. The number of rotatable bonds is 4. The molecule has 0 saturated carbocycles. The third kappa shape index (κ3) is 3.76. The molecule has 0 N–H and O–H groups in total. The Morgan fingerprint density at radius 3 is 2.18 bits per heavy atom. The number of fused-ring (bicyclic) bond motifs is 2. The highest BCUT2D eigenvalue weighted by atomic mass is 32.2. The number of benzene rings is 4. The summed E-state index contributed by atoms with van der Waals surface area (Å²) in [4.78, 5) is 1.40. The molecule has 0 aromatic heterocycles. The van der Waals surface area contributed by atoms with Gasteiger partial charge < -0.3 is 0 Å². The molecule has 0 radical (unpaired) electrons. The van der Waals surface area contributed by atoms with E-state index in [0.717, 1.165) is 12.8 Å². The number of hydrogen-bond acceptors (Lipinski definition) is 1. The average molecular weight is 379 g/mol. The second-order valence-corrected chi connectivity index (χ2v) is 8.72. The van der Waals surface area contributed by atoms with E-state index in [2.05, 4.69) is 103 Å². The predicted molar refractivity (Wildman–Crippen MR) is 122 cm³/mol. The molecular formula is C27H22S. The minimum atomic E-state index is 0.500. The van der Waals surface area contributed by atoms with E-state index in [0.29, 0.717) is 5.25 Å². The summed E-state index contributed by atoms with van der Waals surface area (Å²) in [6.07, 6.45) is 6.72. The molecule has 0 bridgehead atoms. The Labute approximate surface area is 170 Å². The first-order valence-electron chi connectivity index (χ1n) is 9.83. The summed E-state index contributed by atoms with van der Waals surface area (Å²) in [6.45, 7) is 0. The lowest BCUT2D eigenvalue weighted by atomic mass is 9.99. The lowest BCUT2D eigenvalue weighted by Gasteiger charge is -2.20. The standard InChI is InChI=1S/C27H22S/c1-3-7-20(8-4-1)15-22-11-12-23-18-24-13-14-26(17-21-9-5-2-6-10-21)28-27(24)19-25(23)16-22/h1-14,16,18-19,26H,15,17H2. The lowest BCUT2D eigenvalue weighted by Crippen LogP contribution is -2.06. The van der Waals surface area contributed by atoms with Gasteiger partial charge in [0.1, 0.15) is 0 Å². The Balaban J connectivity index is 1.41. The smallest absolute Gasteiger partial charge is 0.0318 e. The van der Waals surface area contributed by atoms with Crippen molar-refractivity contribution in [3.63, 3.8) is 0 Å². The van der Waals surface area contributed by atoms with Crippen LogP contribution in [-0.2, 0) is 12.8 Å². The molecule has 0 fully saturated rings. The molecule has 1 aliphatic rings. The first-order chi connectivity index (χ1) is 13.8. The van der Waals surface area contributed by atoms with Crippen LogP contribution in [0.3, 0.4) is 0 Å². The van der Waals surface area contributed by atoms with Crippen molar-refractivity contribution < 1.29 is 0 Å². The molecule has 4 aromatic carbocycles. The highest BCUT2D eigenvalue weighted by Gasteiger charge is 2.16. The first-order valence-corrected chi connectivity index (χ1v) is 10.7. The second kappa shape index (κ2) is 7.69. The van der Waals surface area contributed by atoms with E-state index in [4.69, 9.17) is 0 Å². The molecule has 0 aliphatic carbocycles. The maximum atomic E-state index is 2.38. The van der Waals surface area contributed by atoms with Crippen molar-refractivity contribution in [1.29, 1.82) is 0 Å². The van der Waals surface area contributed by atoms with Gasteiger partial charge in [-0.2, -0.15) is 0 Å². The minimum absolute atomic E-state index is 0.500. The van der Waals surface area contributed by atoms with Crippen molar-refractivity contribution in [1.82, 2.24) is 0 Å². The van der Waals surface area contributed by atoms with Crippen LogP contribution >= 0.6 is 11.8 Å². The molecule has 1 unspecified atom stereocenters. The highest BCUT2D eigenvalue weighted by Crippen LogP contribution is 2.37. The van der Waals surface area contributed by atoms with Crippen molar-refractivity contribution in [2.45, 2.75) is 23.0 Å². The maximum absolute atomic E-state index is 2.38. The van der Waals surface area contributed by atoms with E-state index < -0.39 is 0 Å². The SMILES string of the molecule is C1=CC(Cc2ccccc2)Sc2cc3cc(Cc4ccccc4)ccc3cc21. The van der Waals surface area contributed by atoms with Gasteiger partial charge in [0.15, 0.2) is 0 Å². The molecule has 0 nitrogen and oxygen atoms in total. The van der Waals surface area contributed by atoms with Crippen molar-refractivity contribution in [3.8, 4) is 0 Å². The van der Waals surface area contributed by atoms with Crippen LogP contribution in [0.1, 0.15) is 22.3 Å². The van der Waals surface area contributed by atoms with Gasteiger partial charge >= 0.3 is 0 Å². The Morgan fingerprint density at radius 1 is 0.643 bits per heavy atom. The molecular weight excluding hydrogens is 356 g/mol. The zero-order valence-electron chi connectivity index (χ0n) is 15.7. The average Bonchev–Trinajstić information content (AvgIpc) is 2.74. The van der Waals surface area contributed by atoms with Crippen LogP contribution in [0, 0.1) is 0 Å². The Bertz CT molecular complexity index is 1130. The molecule has 1 heteroatoms. The Morgan fingerprint density at radius 2 is 1.39 bits per heavy atom. The van der Waals surface area contributed by atoms with Crippen molar-refractivity contribution in [3.05, 3.63) is 119 Å². The molecule has 0 saturated heterocycles. The second-order valence-electron chi connectivity index (χ2n) is 7.44. The summed E-state index contributed by atoms with van der Waals surface area (Å²) in [6, 6.07) is 33.1. The van der Waals surface area contributed by atoms with Crippen LogP contribution in [0.15, 0.2) is 102 Å². The Hall–Kier alpha value is -2.77. The molecule has 0 spiro atoms. The van der Waals surface area contributed by atoms with Crippen molar-refractivity contribution in [2.75, 3.05) is 0 Å². The molecule has 5 rings (SSSR count). The predicted octanol–water partition coefficient (Wildman–Crippen LogP) is 7.16. The van der Waals surface area contributed by atoms with Gasteiger partial charge in [0.2, 0.25) is 0 Å². The quantitative estimate of drug-likeness (QED) is 0.363. The zero-order valence-corrected chi connectivity index (χ0v) is 16.5. The van der Waals surface area contributed by atoms with E-state index in [9.17, 15) is 0 Å². The third-order valence-electron chi connectivity index (χ3n) is 5.33. The summed E-state index contributed by atoms with van der Waals surface area (Å²) in [7, 11) is 0. The fourth-order valence-corrected chi connectivity index (χ4v) is 5.10. The van der Waals surface area contributed by atoms with Crippen LogP contribution < -0.4 is 0 Å². The monoisotopic (exact) mass is 378 g/mol. The van der Waals surface area contributed by atoms with E-state index in [-0.39, 0.29) is 0 Å². The molecule has 4 aromatic rings. The van der Waals surface area contributed by atoms with E-state index >= 15 is 0 Å². The summed E-state index contributed by atoms with van der Waals surface area (Å²) in [5.74, 6) is 0. The first kappa shape index (κ1) is 17.3. The van der Waals surface area contributed by atoms with Crippen LogP contribution in [0.4, 0.5) is 0 Å². The Kier molecular flexibility index (Phi) is 4.76. The maximum Gasteiger partial charge on any atom is 0.0318 e. The van der Waals surface area contributed by atoms with Gasteiger partial charge in [-0.3, -0.25) is 0 Å². The molecule has 1 atom stereocenters. The van der Waals surface area contributed by atoms with E-state index in [1.54, 1.807) is 0 Å². The van der Waals surface area contributed by atoms with Crippen LogP contribution in [-0.4, -0.2) is 5.25 Å². The van der Waals surface area contributed by atoms with Crippen molar-refractivity contribution >= 4 is 28.6 Å². The van der Waals surface area contributed by atoms with Crippen LogP contribution in [0.25, 0.3) is 16.8 Å². The zero-order chi connectivity index (χ0) is 18.8. The summed E-state index contributed by atoms with van der Waals surface area (Å²) in [5, 5.41) is 3.16. The largest absolute Gasteiger partial charge is 0.118 e. The molecule has 136 valence electrons. The van der Waals surface area contributed by atoms with Crippen molar-refractivity contribution in [2.24, 2.45) is 0 Å². The molecule has 1 aliphatic heterocycles. The minimum Gasteiger partial charge on any atom is -0.118 e. The summed E-state index contributed by atoms with van der Waals surface area (Å²) < 4.78 is 0. The van der Waals surface area contributed by atoms with Crippen LogP contribution in [0.5, 0.6) is 0 Å². The summed E-state index contributed by atoms with van der Waals surface area (Å²) >= 11 is 1.99. The number of thioether (sulfide) groups is 1. The molecule has 28 heavy (non-hydrogen) atoms. The molecule has 0 amide bonds. The van der Waals surface area contributed by atoms with Gasteiger partial charge in [-0.15, -0.1) is 11.8 Å². The third-order valence-corrected chi connectivity index (χ3v) is 6.57. The van der Waals surface area contributed by atoms with Gasteiger partial charge in [-0.05, 0) is 58.0 Å². The fraction of sp³-hybridized carbons (Fsp3) is 0.111. The van der Waals surface area contributed by atoms with Gasteiger partial charge in [0, 0.05) is 10.1 Å².